The summed E-state index contributed by atoms with van der Waals surface area (Å²) in [5.41, 5.74) is 1.02. The summed E-state index contributed by atoms with van der Waals surface area (Å²) in [6.45, 7) is 2.93. The SMILES string of the molecule is CN(C)CC(=O)C1CNCCN1c1cccnc1. The molecule has 0 bridgehead atoms. The second-order valence-corrected chi connectivity index (χ2v) is 4.83. The Morgan fingerprint density at radius 3 is 3.11 bits per heavy atom. The Bertz CT molecular complexity index is 393. The number of pyridine rings is 1. The predicted octanol–water partition coefficient (Wildman–Crippen LogP) is -0.00950. The van der Waals surface area contributed by atoms with Gasteiger partial charge in [0, 0.05) is 25.8 Å². The number of anilines is 1. The number of nitrogens with one attached hydrogen (secondary N) is 1. The summed E-state index contributed by atoms with van der Waals surface area (Å²) >= 11 is 0. The van der Waals surface area contributed by atoms with Crippen LogP contribution in [0.2, 0.25) is 0 Å². The average Bonchev–Trinajstić information content (AvgIpc) is 2.39. The van der Waals surface area contributed by atoms with Gasteiger partial charge in [0.1, 0.15) is 6.04 Å². The van der Waals surface area contributed by atoms with E-state index in [9.17, 15) is 4.79 Å². The maximum atomic E-state index is 12.2. The van der Waals surface area contributed by atoms with Crippen LogP contribution in [0.5, 0.6) is 0 Å². The summed E-state index contributed by atoms with van der Waals surface area (Å²) in [5, 5.41) is 3.29. The van der Waals surface area contributed by atoms with Gasteiger partial charge in [-0.05, 0) is 26.2 Å². The first-order valence-electron chi connectivity index (χ1n) is 6.23. The normalized spacial score (nSPS) is 20.2. The predicted molar refractivity (Wildman–Crippen MR) is 71.8 cm³/mol. The molecule has 18 heavy (non-hydrogen) atoms. The maximum Gasteiger partial charge on any atom is 0.170 e. The molecule has 1 aromatic rings. The lowest BCUT2D eigenvalue weighted by Crippen LogP contribution is -2.56. The van der Waals surface area contributed by atoms with Crippen molar-refractivity contribution in [3.8, 4) is 0 Å². The van der Waals surface area contributed by atoms with Crippen LogP contribution in [-0.2, 0) is 4.79 Å². The molecule has 0 amide bonds. The van der Waals surface area contributed by atoms with Crippen LogP contribution in [0.4, 0.5) is 5.69 Å². The molecule has 0 radical (unpaired) electrons. The van der Waals surface area contributed by atoms with Crippen LogP contribution in [0.15, 0.2) is 24.5 Å². The molecule has 1 aromatic heterocycles. The largest absolute Gasteiger partial charge is 0.358 e. The number of carbonyl (C=O) groups is 1. The Balaban J connectivity index is 2.13. The smallest absolute Gasteiger partial charge is 0.170 e. The molecule has 0 aliphatic carbocycles. The van der Waals surface area contributed by atoms with Gasteiger partial charge in [-0.15, -0.1) is 0 Å². The third kappa shape index (κ3) is 3.05. The van der Waals surface area contributed by atoms with E-state index in [0.717, 1.165) is 18.8 Å². The van der Waals surface area contributed by atoms with Gasteiger partial charge in [-0.25, -0.2) is 0 Å². The Labute approximate surface area is 108 Å². The van der Waals surface area contributed by atoms with Gasteiger partial charge in [-0.1, -0.05) is 0 Å². The molecule has 1 aliphatic heterocycles. The average molecular weight is 248 g/mol. The van der Waals surface area contributed by atoms with E-state index in [4.69, 9.17) is 0 Å². The van der Waals surface area contributed by atoms with Gasteiger partial charge in [0.25, 0.3) is 0 Å². The van der Waals surface area contributed by atoms with Crippen molar-refractivity contribution in [2.24, 2.45) is 0 Å². The summed E-state index contributed by atoms with van der Waals surface area (Å²) < 4.78 is 0. The highest BCUT2D eigenvalue weighted by atomic mass is 16.1. The molecule has 0 saturated carbocycles. The minimum Gasteiger partial charge on any atom is -0.358 e. The number of hydrogen-bond acceptors (Lipinski definition) is 5. The highest BCUT2D eigenvalue weighted by molar-refractivity contribution is 5.89. The van der Waals surface area contributed by atoms with Crippen LogP contribution < -0.4 is 10.2 Å². The van der Waals surface area contributed by atoms with E-state index >= 15 is 0 Å². The van der Waals surface area contributed by atoms with Crippen molar-refractivity contribution in [1.82, 2.24) is 15.2 Å². The van der Waals surface area contributed by atoms with Crippen LogP contribution in [0.1, 0.15) is 0 Å². The third-order valence-electron chi connectivity index (χ3n) is 3.06. The van der Waals surface area contributed by atoms with E-state index in [0.29, 0.717) is 13.1 Å². The van der Waals surface area contributed by atoms with Crippen molar-refractivity contribution < 1.29 is 4.79 Å². The van der Waals surface area contributed by atoms with Crippen molar-refractivity contribution in [2.75, 3.05) is 45.2 Å². The number of piperazine rings is 1. The van der Waals surface area contributed by atoms with Gasteiger partial charge in [0.2, 0.25) is 0 Å². The van der Waals surface area contributed by atoms with Gasteiger partial charge in [0.15, 0.2) is 5.78 Å². The van der Waals surface area contributed by atoms with Crippen LogP contribution in [0.3, 0.4) is 0 Å². The lowest BCUT2D eigenvalue weighted by molar-refractivity contribution is -0.121. The maximum absolute atomic E-state index is 12.2. The first-order valence-corrected chi connectivity index (χ1v) is 6.23. The van der Waals surface area contributed by atoms with Crippen molar-refractivity contribution in [1.29, 1.82) is 0 Å². The van der Waals surface area contributed by atoms with E-state index in [1.165, 1.54) is 0 Å². The molecule has 1 unspecified atom stereocenters. The Morgan fingerprint density at radius 2 is 2.44 bits per heavy atom. The van der Waals surface area contributed by atoms with E-state index in [-0.39, 0.29) is 11.8 Å². The van der Waals surface area contributed by atoms with Crippen LogP contribution in [-0.4, -0.2) is 62.0 Å². The molecular weight excluding hydrogens is 228 g/mol. The monoisotopic (exact) mass is 248 g/mol. The molecule has 1 aliphatic rings. The minimum absolute atomic E-state index is 0.0923. The third-order valence-corrected chi connectivity index (χ3v) is 3.06. The van der Waals surface area contributed by atoms with Gasteiger partial charge in [-0.2, -0.15) is 0 Å². The molecule has 1 N–H and O–H groups in total. The Kier molecular flexibility index (Phi) is 4.28. The highest BCUT2D eigenvalue weighted by Crippen LogP contribution is 2.17. The number of likely N-dealkylation sites (N-methyl/N-ethyl adjacent to an activating group) is 1. The zero-order valence-electron chi connectivity index (χ0n) is 11.0. The standard InChI is InChI=1S/C13H20N4O/c1-16(2)10-13(18)12-9-15-6-7-17(12)11-4-3-5-14-8-11/h3-5,8,12,15H,6-7,9-10H2,1-2H3. The second kappa shape index (κ2) is 5.93. The fourth-order valence-corrected chi connectivity index (χ4v) is 2.24. The summed E-state index contributed by atoms with van der Waals surface area (Å²) in [7, 11) is 3.84. The van der Waals surface area contributed by atoms with Crippen LogP contribution in [0, 0.1) is 0 Å². The summed E-state index contributed by atoms with van der Waals surface area (Å²) in [6, 6.07) is 3.82. The lowest BCUT2D eigenvalue weighted by Gasteiger charge is -2.37. The minimum atomic E-state index is -0.0923. The van der Waals surface area contributed by atoms with Gasteiger partial charge >= 0.3 is 0 Å². The number of rotatable bonds is 4. The zero-order valence-corrected chi connectivity index (χ0v) is 11.0. The molecule has 0 aromatic carbocycles. The Morgan fingerprint density at radius 1 is 1.61 bits per heavy atom. The molecule has 1 fully saturated rings. The number of Topliss-reactive ketones (excluding diaryl/α,β-unsaturated/α-hetero) is 1. The van der Waals surface area contributed by atoms with Gasteiger partial charge in [-0.3, -0.25) is 9.78 Å². The van der Waals surface area contributed by atoms with Gasteiger partial charge in [0.05, 0.1) is 18.4 Å². The number of nitrogens with zero attached hydrogens (tertiary/aromatic N) is 3. The molecule has 5 heteroatoms. The first kappa shape index (κ1) is 13.0. The van der Waals surface area contributed by atoms with E-state index in [1.807, 2.05) is 37.3 Å². The van der Waals surface area contributed by atoms with Crippen molar-refractivity contribution in [3.05, 3.63) is 24.5 Å². The summed E-state index contributed by atoms with van der Waals surface area (Å²) in [6.07, 6.45) is 3.57. The molecule has 0 spiro atoms. The number of aromatic nitrogens is 1. The summed E-state index contributed by atoms with van der Waals surface area (Å²) in [4.78, 5) is 20.4. The summed E-state index contributed by atoms with van der Waals surface area (Å²) in [5.74, 6) is 0.246. The van der Waals surface area contributed by atoms with Crippen molar-refractivity contribution in [2.45, 2.75) is 6.04 Å². The number of ketones is 1. The second-order valence-electron chi connectivity index (χ2n) is 4.83. The van der Waals surface area contributed by atoms with Gasteiger partial charge < -0.3 is 15.1 Å². The molecule has 1 atom stereocenters. The van der Waals surface area contributed by atoms with Crippen molar-refractivity contribution in [3.63, 3.8) is 0 Å². The lowest BCUT2D eigenvalue weighted by atomic mass is 10.1. The molecule has 5 nitrogen and oxygen atoms in total. The van der Waals surface area contributed by atoms with Crippen LogP contribution in [0.25, 0.3) is 0 Å². The number of carbonyl (C=O) groups excluding carboxylic acids is 1. The zero-order chi connectivity index (χ0) is 13.0. The highest BCUT2D eigenvalue weighted by Gasteiger charge is 2.28. The van der Waals surface area contributed by atoms with E-state index in [2.05, 4.69) is 15.2 Å². The topological polar surface area (TPSA) is 48.5 Å². The quantitative estimate of drug-likeness (QED) is 0.812. The first-order chi connectivity index (χ1) is 8.68. The molecule has 98 valence electrons. The fraction of sp³-hybridized carbons (Fsp3) is 0.538. The fourth-order valence-electron chi connectivity index (χ4n) is 2.24. The number of hydrogen-bond donors (Lipinski definition) is 1. The molecular formula is C13H20N4O. The molecule has 2 rings (SSSR count). The van der Waals surface area contributed by atoms with Crippen LogP contribution >= 0.6 is 0 Å². The van der Waals surface area contributed by atoms with Crippen molar-refractivity contribution >= 4 is 11.5 Å². The van der Waals surface area contributed by atoms with E-state index in [1.54, 1.807) is 6.20 Å². The molecule has 1 saturated heterocycles. The Hall–Kier alpha value is -1.46. The molecule has 2 heterocycles. The van der Waals surface area contributed by atoms with E-state index < -0.39 is 0 Å².